The van der Waals surface area contributed by atoms with Crippen LogP contribution in [-0.2, 0) is 4.79 Å². The van der Waals surface area contributed by atoms with Gasteiger partial charge in [0.05, 0.1) is 0 Å². The van der Waals surface area contributed by atoms with Gasteiger partial charge in [-0.1, -0.05) is 29.8 Å². The minimum atomic E-state index is 0.00343. The predicted molar refractivity (Wildman–Crippen MR) is 94.1 cm³/mol. The van der Waals surface area contributed by atoms with E-state index in [2.05, 4.69) is 5.32 Å². The van der Waals surface area contributed by atoms with Gasteiger partial charge in [0, 0.05) is 50.1 Å². The Balaban J connectivity index is 1.48. The van der Waals surface area contributed by atoms with Crippen molar-refractivity contribution in [3.8, 4) is 0 Å². The van der Waals surface area contributed by atoms with Crippen LogP contribution in [0.15, 0.2) is 24.3 Å². The van der Waals surface area contributed by atoms with Crippen molar-refractivity contribution in [2.75, 3.05) is 27.2 Å². The zero-order chi connectivity index (χ0) is 17.3. The number of rotatable bonds is 3. The number of carbonyl (C=O) groups is 2. The number of amides is 3. The summed E-state index contributed by atoms with van der Waals surface area (Å²) in [5.74, 6) is 0.452. The summed E-state index contributed by atoms with van der Waals surface area (Å²) in [6.45, 7) is 1.29. The van der Waals surface area contributed by atoms with Crippen molar-refractivity contribution in [2.24, 2.45) is 5.92 Å². The highest BCUT2D eigenvalue weighted by Gasteiger charge is 2.41. The van der Waals surface area contributed by atoms with Gasteiger partial charge < -0.3 is 15.1 Å². The highest BCUT2D eigenvalue weighted by molar-refractivity contribution is 6.31. The Hall–Kier alpha value is -1.75. The van der Waals surface area contributed by atoms with Gasteiger partial charge in [-0.15, -0.1) is 0 Å². The molecule has 5 nitrogen and oxygen atoms in total. The van der Waals surface area contributed by atoms with Crippen LogP contribution in [0.3, 0.4) is 0 Å². The molecule has 1 heterocycles. The fraction of sp³-hybridized carbons (Fsp3) is 0.556. The summed E-state index contributed by atoms with van der Waals surface area (Å²) < 4.78 is 0. The third-order valence-electron chi connectivity index (χ3n) is 4.94. The lowest BCUT2D eigenvalue weighted by Crippen LogP contribution is -2.46. The number of piperidine rings is 1. The number of nitrogens with one attached hydrogen (secondary N) is 1. The second kappa shape index (κ2) is 7.01. The Labute approximate surface area is 147 Å². The first-order valence-electron chi connectivity index (χ1n) is 8.48. The molecule has 1 aliphatic carbocycles. The molecule has 130 valence electrons. The predicted octanol–water partition coefficient (Wildman–Crippen LogP) is 2.71. The Morgan fingerprint density at radius 1 is 1.21 bits per heavy atom. The quantitative estimate of drug-likeness (QED) is 0.912. The number of carbonyl (C=O) groups excluding carboxylic acids is 2. The summed E-state index contributed by atoms with van der Waals surface area (Å²) >= 11 is 6.23. The van der Waals surface area contributed by atoms with Crippen LogP contribution in [0.2, 0.25) is 5.02 Å². The maximum absolute atomic E-state index is 12.5. The summed E-state index contributed by atoms with van der Waals surface area (Å²) in [4.78, 5) is 27.8. The number of halogens is 1. The van der Waals surface area contributed by atoms with Crippen LogP contribution < -0.4 is 5.32 Å². The standard InChI is InChI=1S/C18H24ClN3O2/c1-21(2)18(24)22-9-7-12(8-10-22)17(23)20-16-11-14(16)13-5-3-4-6-15(13)19/h3-6,12,14,16H,7-11H2,1-2H3,(H,20,23)/t14-,16+/m1/s1. The van der Waals surface area contributed by atoms with Crippen molar-refractivity contribution in [3.63, 3.8) is 0 Å². The summed E-state index contributed by atoms with van der Waals surface area (Å²) in [5, 5.41) is 3.93. The summed E-state index contributed by atoms with van der Waals surface area (Å²) in [6, 6.07) is 8.05. The van der Waals surface area contributed by atoms with Gasteiger partial charge in [0.2, 0.25) is 5.91 Å². The van der Waals surface area contributed by atoms with Crippen LogP contribution in [-0.4, -0.2) is 55.0 Å². The molecule has 0 aromatic heterocycles. The molecule has 1 aromatic carbocycles. The number of benzene rings is 1. The highest BCUT2D eigenvalue weighted by atomic mass is 35.5. The smallest absolute Gasteiger partial charge is 0.319 e. The van der Waals surface area contributed by atoms with E-state index in [-0.39, 0.29) is 23.9 Å². The fourth-order valence-corrected chi connectivity index (χ4v) is 3.67. The van der Waals surface area contributed by atoms with Gasteiger partial charge in [0.25, 0.3) is 0 Å². The largest absolute Gasteiger partial charge is 0.352 e. The molecule has 1 saturated carbocycles. The van der Waals surface area contributed by atoms with E-state index in [1.165, 1.54) is 0 Å². The number of nitrogens with zero attached hydrogens (tertiary/aromatic N) is 2. The normalized spacial score (nSPS) is 23.7. The van der Waals surface area contributed by atoms with Gasteiger partial charge in [0.1, 0.15) is 0 Å². The molecular formula is C18H24ClN3O2. The molecule has 1 N–H and O–H groups in total. The molecule has 0 bridgehead atoms. The van der Waals surface area contributed by atoms with E-state index < -0.39 is 0 Å². The second-order valence-corrected chi connectivity index (χ2v) is 7.32. The lowest BCUT2D eigenvalue weighted by molar-refractivity contribution is -0.126. The van der Waals surface area contributed by atoms with Gasteiger partial charge in [-0.25, -0.2) is 4.79 Å². The second-order valence-electron chi connectivity index (χ2n) is 6.92. The average Bonchev–Trinajstić information content (AvgIpc) is 3.33. The molecular weight excluding hydrogens is 326 g/mol. The molecule has 1 aromatic rings. The minimum Gasteiger partial charge on any atom is -0.352 e. The third-order valence-corrected chi connectivity index (χ3v) is 5.29. The number of urea groups is 1. The first-order valence-corrected chi connectivity index (χ1v) is 8.86. The molecule has 0 spiro atoms. The summed E-state index contributed by atoms with van der Waals surface area (Å²) in [5.41, 5.74) is 1.12. The zero-order valence-corrected chi connectivity index (χ0v) is 14.9. The molecule has 2 fully saturated rings. The Morgan fingerprint density at radius 3 is 2.50 bits per heavy atom. The molecule has 1 aliphatic heterocycles. The van der Waals surface area contributed by atoms with Crippen LogP contribution in [0, 0.1) is 5.92 Å². The van der Waals surface area contributed by atoms with Crippen molar-refractivity contribution in [1.82, 2.24) is 15.1 Å². The van der Waals surface area contributed by atoms with Gasteiger partial charge in [-0.3, -0.25) is 4.79 Å². The molecule has 0 unspecified atom stereocenters. The Kier molecular flexibility index (Phi) is 4.99. The van der Waals surface area contributed by atoms with E-state index in [4.69, 9.17) is 11.6 Å². The van der Waals surface area contributed by atoms with E-state index >= 15 is 0 Å². The van der Waals surface area contributed by atoms with Crippen LogP contribution in [0.1, 0.15) is 30.7 Å². The molecule has 3 amide bonds. The Bertz CT molecular complexity index is 626. The maximum Gasteiger partial charge on any atom is 0.319 e. The number of hydrogen-bond donors (Lipinski definition) is 1. The van der Waals surface area contributed by atoms with E-state index in [9.17, 15) is 9.59 Å². The van der Waals surface area contributed by atoms with Crippen LogP contribution >= 0.6 is 11.6 Å². The summed E-state index contributed by atoms with van der Waals surface area (Å²) in [7, 11) is 3.51. The number of likely N-dealkylation sites (tertiary alicyclic amines) is 1. The fourth-order valence-electron chi connectivity index (χ4n) is 3.39. The van der Waals surface area contributed by atoms with E-state index in [1.54, 1.807) is 19.0 Å². The zero-order valence-electron chi connectivity index (χ0n) is 14.2. The third kappa shape index (κ3) is 3.66. The molecule has 6 heteroatoms. The molecule has 1 saturated heterocycles. The summed E-state index contributed by atoms with van der Waals surface area (Å²) in [6.07, 6.45) is 2.41. The average molecular weight is 350 g/mol. The lowest BCUT2D eigenvalue weighted by Gasteiger charge is -2.33. The van der Waals surface area contributed by atoms with Crippen LogP contribution in [0.4, 0.5) is 4.79 Å². The van der Waals surface area contributed by atoms with Gasteiger partial charge >= 0.3 is 6.03 Å². The molecule has 24 heavy (non-hydrogen) atoms. The van der Waals surface area contributed by atoms with Crippen molar-refractivity contribution >= 4 is 23.5 Å². The monoisotopic (exact) mass is 349 g/mol. The van der Waals surface area contributed by atoms with Crippen molar-refractivity contribution in [2.45, 2.75) is 31.2 Å². The van der Waals surface area contributed by atoms with E-state index in [1.807, 2.05) is 29.2 Å². The first kappa shape index (κ1) is 17.1. The van der Waals surface area contributed by atoms with Crippen molar-refractivity contribution in [3.05, 3.63) is 34.9 Å². The van der Waals surface area contributed by atoms with Crippen LogP contribution in [0.5, 0.6) is 0 Å². The van der Waals surface area contributed by atoms with Crippen molar-refractivity contribution in [1.29, 1.82) is 0 Å². The molecule has 2 atom stereocenters. The van der Waals surface area contributed by atoms with Crippen molar-refractivity contribution < 1.29 is 9.59 Å². The SMILES string of the molecule is CN(C)C(=O)N1CCC(C(=O)N[C@H]2C[C@@H]2c2ccccc2Cl)CC1. The highest BCUT2D eigenvalue weighted by Crippen LogP contribution is 2.43. The molecule has 2 aliphatic rings. The van der Waals surface area contributed by atoms with Crippen LogP contribution in [0.25, 0.3) is 0 Å². The topological polar surface area (TPSA) is 52.7 Å². The first-order chi connectivity index (χ1) is 11.5. The van der Waals surface area contributed by atoms with Gasteiger partial charge in [0.15, 0.2) is 0 Å². The maximum atomic E-state index is 12.5. The van der Waals surface area contributed by atoms with E-state index in [0.717, 1.165) is 29.8 Å². The minimum absolute atomic E-state index is 0.00343. The van der Waals surface area contributed by atoms with E-state index in [0.29, 0.717) is 19.0 Å². The molecule has 0 radical (unpaired) electrons. The Morgan fingerprint density at radius 2 is 1.88 bits per heavy atom. The molecule has 3 rings (SSSR count). The van der Waals surface area contributed by atoms with Gasteiger partial charge in [-0.2, -0.15) is 0 Å². The number of hydrogen-bond acceptors (Lipinski definition) is 2. The van der Waals surface area contributed by atoms with Gasteiger partial charge in [-0.05, 0) is 30.9 Å². The lowest BCUT2D eigenvalue weighted by atomic mass is 9.96.